The smallest absolute Gasteiger partial charge is 0.315 e. The quantitative estimate of drug-likeness (QED) is 0.327. The molecule has 6 heteroatoms. The molecule has 0 bridgehead atoms. The molecule has 0 unspecified atom stereocenters. The number of rotatable bonds is 5. The predicted octanol–water partition coefficient (Wildman–Crippen LogP) is 0.486. The van der Waals surface area contributed by atoms with E-state index in [0.29, 0.717) is 19.4 Å². The highest BCUT2D eigenvalue weighted by molar-refractivity contribution is 5.91. The summed E-state index contributed by atoms with van der Waals surface area (Å²) in [6, 6.07) is -0.219. The van der Waals surface area contributed by atoms with Crippen molar-refractivity contribution in [3.8, 4) is 0 Å². The molecule has 0 aliphatic carbocycles. The van der Waals surface area contributed by atoms with Crippen LogP contribution in [0.25, 0.3) is 0 Å². The molecule has 0 saturated carbocycles. The van der Waals surface area contributed by atoms with Gasteiger partial charge in [0.2, 0.25) is 0 Å². The molecule has 0 atom stereocenters. The Balaban J connectivity index is 2.52. The van der Waals surface area contributed by atoms with Crippen LogP contribution in [0.15, 0.2) is 0 Å². The summed E-state index contributed by atoms with van der Waals surface area (Å²) in [5.74, 6) is 0.0567. The summed E-state index contributed by atoms with van der Waals surface area (Å²) in [7, 11) is 2.03. The van der Waals surface area contributed by atoms with Crippen molar-refractivity contribution in [1.82, 2.24) is 15.5 Å². The molecule has 0 aromatic heterocycles. The number of piperidine rings is 1. The number of hydrogen-bond acceptors (Lipinski definition) is 3. The molecular formula is C12H25N5O. The highest BCUT2D eigenvalue weighted by atomic mass is 16.2. The lowest BCUT2D eigenvalue weighted by Crippen LogP contribution is -2.63. The van der Waals surface area contributed by atoms with E-state index < -0.39 is 5.54 Å². The number of nitrogens with zero attached hydrogens (tertiary/aromatic N) is 1. The number of unbranched alkanes of at least 4 members (excludes halogenated alkanes) is 1. The van der Waals surface area contributed by atoms with E-state index >= 15 is 0 Å². The van der Waals surface area contributed by atoms with Gasteiger partial charge >= 0.3 is 6.03 Å². The first-order valence-electron chi connectivity index (χ1n) is 6.59. The monoisotopic (exact) mass is 255 g/mol. The molecule has 1 aliphatic heterocycles. The normalized spacial score (nSPS) is 19.2. The van der Waals surface area contributed by atoms with Crippen molar-refractivity contribution in [2.75, 3.05) is 26.7 Å². The van der Waals surface area contributed by atoms with Crippen molar-refractivity contribution in [2.24, 2.45) is 5.73 Å². The zero-order valence-electron chi connectivity index (χ0n) is 11.4. The van der Waals surface area contributed by atoms with E-state index in [1.54, 1.807) is 0 Å². The Kier molecular flexibility index (Phi) is 5.40. The maximum Gasteiger partial charge on any atom is 0.315 e. The Bertz CT molecular complexity index is 297. The Labute approximate surface area is 109 Å². The molecule has 5 N–H and O–H groups in total. The molecule has 1 aliphatic rings. The minimum Gasteiger partial charge on any atom is -0.386 e. The molecule has 6 nitrogen and oxygen atoms in total. The second kappa shape index (κ2) is 6.58. The highest BCUT2D eigenvalue weighted by Gasteiger charge is 2.38. The van der Waals surface area contributed by atoms with Gasteiger partial charge in [0, 0.05) is 19.6 Å². The molecule has 0 aromatic carbocycles. The summed E-state index contributed by atoms with van der Waals surface area (Å²) in [5, 5.41) is 13.4. The fourth-order valence-corrected chi connectivity index (χ4v) is 2.10. The van der Waals surface area contributed by atoms with E-state index in [0.717, 1.165) is 25.9 Å². The lowest BCUT2D eigenvalue weighted by atomic mass is 9.86. The van der Waals surface area contributed by atoms with Crippen molar-refractivity contribution < 1.29 is 4.79 Å². The zero-order chi connectivity index (χ0) is 13.6. The van der Waals surface area contributed by atoms with Gasteiger partial charge in [-0.1, -0.05) is 13.3 Å². The minimum absolute atomic E-state index is 0.0567. The number of amidine groups is 1. The Morgan fingerprint density at radius 3 is 2.56 bits per heavy atom. The predicted molar refractivity (Wildman–Crippen MR) is 72.8 cm³/mol. The fourth-order valence-electron chi connectivity index (χ4n) is 2.10. The Morgan fingerprint density at radius 1 is 1.44 bits per heavy atom. The fraction of sp³-hybridized carbons (Fsp3) is 0.833. The molecule has 1 rings (SSSR count). The van der Waals surface area contributed by atoms with Crippen LogP contribution in [-0.4, -0.2) is 49.0 Å². The van der Waals surface area contributed by atoms with E-state index in [4.69, 9.17) is 11.1 Å². The van der Waals surface area contributed by atoms with Crippen molar-refractivity contribution >= 4 is 11.9 Å². The van der Waals surface area contributed by atoms with Gasteiger partial charge < -0.3 is 21.3 Å². The molecule has 1 saturated heterocycles. The molecule has 0 aromatic rings. The molecule has 0 radical (unpaired) electrons. The second-order valence-corrected chi connectivity index (χ2v) is 5.03. The third kappa shape index (κ3) is 3.87. The zero-order valence-corrected chi connectivity index (χ0v) is 11.4. The van der Waals surface area contributed by atoms with E-state index in [1.165, 1.54) is 0 Å². The van der Waals surface area contributed by atoms with Crippen LogP contribution in [0.1, 0.15) is 32.6 Å². The van der Waals surface area contributed by atoms with Gasteiger partial charge in [0.1, 0.15) is 11.4 Å². The van der Waals surface area contributed by atoms with E-state index in [-0.39, 0.29) is 11.9 Å². The topological polar surface area (TPSA) is 94.2 Å². The first-order valence-corrected chi connectivity index (χ1v) is 6.59. The highest BCUT2D eigenvalue weighted by Crippen LogP contribution is 2.21. The van der Waals surface area contributed by atoms with Crippen LogP contribution in [0.4, 0.5) is 4.79 Å². The van der Waals surface area contributed by atoms with Crippen LogP contribution in [-0.2, 0) is 0 Å². The van der Waals surface area contributed by atoms with Gasteiger partial charge in [0.15, 0.2) is 0 Å². The van der Waals surface area contributed by atoms with Gasteiger partial charge in [-0.15, -0.1) is 0 Å². The summed E-state index contributed by atoms with van der Waals surface area (Å²) in [5.41, 5.74) is 5.01. The van der Waals surface area contributed by atoms with E-state index in [1.807, 2.05) is 7.05 Å². The lowest BCUT2D eigenvalue weighted by molar-refractivity contribution is 0.192. The molecule has 0 spiro atoms. The van der Waals surface area contributed by atoms with Crippen LogP contribution in [0.2, 0.25) is 0 Å². The summed E-state index contributed by atoms with van der Waals surface area (Å²) >= 11 is 0. The third-order valence-corrected chi connectivity index (χ3v) is 3.52. The number of nitrogens with one attached hydrogen (secondary N) is 3. The molecular weight excluding hydrogens is 230 g/mol. The summed E-state index contributed by atoms with van der Waals surface area (Å²) in [6.45, 7) is 4.42. The lowest BCUT2D eigenvalue weighted by Gasteiger charge is -2.40. The largest absolute Gasteiger partial charge is 0.386 e. The minimum atomic E-state index is -0.664. The Hall–Kier alpha value is -1.30. The number of amides is 2. The number of nitrogens with two attached hydrogens (primary N) is 1. The Morgan fingerprint density at radius 2 is 2.06 bits per heavy atom. The number of hydrogen-bond donors (Lipinski definition) is 4. The number of likely N-dealkylation sites (tertiary alicyclic amines) is 1. The van der Waals surface area contributed by atoms with Gasteiger partial charge in [0.25, 0.3) is 0 Å². The summed E-state index contributed by atoms with van der Waals surface area (Å²) in [6.07, 6.45) is 3.40. The summed E-state index contributed by atoms with van der Waals surface area (Å²) < 4.78 is 0. The number of carbonyl (C=O) groups is 1. The van der Waals surface area contributed by atoms with Gasteiger partial charge in [-0.3, -0.25) is 5.41 Å². The van der Waals surface area contributed by atoms with Gasteiger partial charge in [-0.2, -0.15) is 0 Å². The average molecular weight is 255 g/mol. The third-order valence-electron chi connectivity index (χ3n) is 3.52. The maximum absolute atomic E-state index is 11.8. The van der Waals surface area contributed by atoms with Crippen LogP contribution in [0, 0.1) is 5.41 Å². The molecule has 1 fully saturated rings. The van der Waals surface area contributed by atoms with Crippen LogP contribution >= 0.6 is 0 Å². The van der Waals surface area contributed by atoms with Crippen molar-refractivity contribution in [3.63, 3.8) is 0 Å². The van der Waals surface area contributed by atoms with E-state index in [9.17, 15) is 4.79 Å². The van der Waals surface area contributed by atoms with Crippen molar-refractivity contribution in [2.45, 2.75) is 38.1 Å². The number of carbonyl (C=O) groups excluding carboxylic acids is 1. The SMILES string of the molecule is CCCCNC(=O)NC1(C(=N)N)CCN(C)CC1. The number of urea groups is 1. The van der Waals surface area contributed by atoms with Crippen LogP contribution in [0.5, 0.6) is 0 Å². The van der Waals surface area contributed by atoms with Gasteiger partial charge in [-0.25, -0.2) is 4.79 Å². The van der Waals surface area contributed by atoms with Gasteiger partial charge in [0.05, 0.1) is 0 Å². The van der Waals surface area contributed by atoms with Crippen LogP contribution in [0.3, 0.4) is 0 Å². The standard InChI is InChI=1S/C12H25N5O/c1-3-4-7-15-11(18)16-12(10(13)14)5-8-17(2)9-6-12/h3-9H2,1-2H3,(H3,13,14)(H2,15,16,18). The van der Waals surface area contributed by atoms with Gasteiger partial charge in [-0.05, 0) is 26.3 Å². The molecule has 104 valence electrons. The first kappa shape index (κ1) is 14.8. The van der Waals surface area contributed by atoms with Crippen molar-refractivity contribution in [1.29, 1.82) is 5.41 Å². The second-order valence-electron chi connectivity index (χ2n) is 5.03. The van der Waals surface area contributed by atoms with Crippen LogP contribution < -0.4 is 16.4 Å². The van der Waals surface area contributed by atoms with E-state index in [2.05, 4.69) is 22.5 Å². The maximum atomic E-state index is 11.8. The average Bonchev–Trinajstić information content (AvgIpc) is 2.32. The molecule has 1 heterocycles. The molecule has 18 heavy (non-hydrogen) atoms. The summed E-state index contributed by atoms with van der Waals surface area (Å²) in [4.78, 5) is 14.0. The molecule has 2 amide bonds. The first-order chi connectivity index (χ1) is 8.50. The van der Waals surface area contributed by atoms with Crippen molar-refractivity contribution in [3.05, 3.63) is 0 Å².